The Kier molecular flexibility index (Phi) is 5.69. The average molecular weight is 393 g/mol. The molecule has 7 heteroatoms. The summed E-state index contributed by atoms with van der Waals surface area (Å²) < 4.78 is 5.32. The molecule has 1 atom stereocenters. The molecule has 5 nitrogen and oxygen atoms in total. The fourth-order valence-electron chi connectivity index (χ4n) is 2.97. The smallest absolute Gasteiger partial charge is 0.229 e. The van der Waals surface area contributed by atoms with Crippen molar-refractivity contribution in [3.63, 3.8) is 0 Å². The number of nitrogens with one attached hydrogen (secondary N) is 1. The summed E-state index contributed by atoms with van der Waals surface area (Å²) >= 11 is 12.0. The number of halogens is 2. The van der Waals surface area contributed by atoms with Crippen LogP contribution in [0.15, 0.2) is 42.5 Å². The molecule has 1 aliphatic heterocycles. The molecule has 0 aliphatic carbocycles. The molecule has 0 saturated carbocycles. The van der Waals surface area contributed by atoms with Crippen LogP contribution in [0.25, 0.3) is 0 Å². The minimum absolute atomic E-state index is 0.0618. The number of anilines is 1. The third kappa shape index (κ3) is 4.11. The van der Waals surface area contributed by atoms with E-state index in [1.54, 1.807) is 30.2 Å². The maximum Gasteiger partial charge on any atom is 0.229 e. The second kappa shape index (κ2) is 7.98. The standard InChI is InChI=1S/C19H18Cl2N2O3/c1-26-17-5-3-2-4-12(17)10-23-11-13(8-18(23)24)19(25)22-16-9-14(20)6-7-15(16)21/h2-7,9,13H,8,10-11H2,1H3,(H,22,25). The third-order valence-corrected chi connectivity index (χ3v) is 4.89. The van der Waals surface area contributed by atoms with Gasteiger partial charge in [0, 0.05) is 30.1 Å². The Morgan fingerprint density at radius 1 is 1.27 bits per heavy atom. The number of para-hydroxylation sites is 1. The van der Waals surface area contributed by atoms with Crippen LogP contribution in [0, 0.1) is 5.92 Å². The van der Waals surface area contributed by atoms with E-state index in [-0.39, 0.29) is 18.2 Å². The fourth-order valence-corrected chi connectivity index (χ4v) is 3.30. The molecule has 1 saturated heterocycles. The zero-order chi connectivity index (χ0) is 18.7. The summed E-state index contributed by atoms with van der Waals surface area (Å²) in [7, 11) is 1.59. The third-order valence-electron chi connectivity index (χ3n) is 4.33. The van der Waals surface area contributed by atoms with Crippen molar-refractivity contribution in [1.29, 1.82) is 0 Å². The Morgan fingerprint density at radius 2 is 2.04 bits per heavy atom. The first kappa shape index (κ1) is 18.5. The van der Waals surface area contributed by atoms with Gasteiger partial charge >= 0.3 is 0 Å². The zero-order valence-corrected chi connectivity index (χ0v) is 15.7. The highest BCUT2D eigenvalue weighted by molar-refractivity contribution is 6.35. The summed E-state index contributed by atoms with van der Waals surface area (Å²) in [6, 6.07) is 12.4. The molecule has 136 valence electrons. The Balaban J connectivity index is 1.67. The summed E-state index contributed by atoms with van der Waals surface area (Å²) in [5.41, 5.74) is 1.35. The van der Waals surface area contributed by atoms with Gasteiger partial charge in [0.15, 0.2) is 0 Å². The van der Waals surface area contributed by atoms with Crippen LogP contribution in [0.1, 0.15) is 12.0 Å². The Hall–Kier alpha value is -2.24. The van der Waals surface area contributed by atoms with E-state index in [0.717, 1.165) is 11.3 Å². The number of nitrogens with zero attached hydrogens (tertiary/aromatic N) is 1. The molecule has 0 radical (unpaired) electrons. The fraction of sp³-hybridized carbons (Fsp3) is 0.263. The van der Waals surface area contributed by atoms with Crippen LogP contribution in [0.2, 0.25) is 10.0 Å². The topological polar surface area (TPSA) is 58.6 Å². The Morgan fingerprint density at radius 3 is 2.81 bits per heavy atom. The van der Waals surface area contributed by atoms with Crippen molar-refractivity contribution < 1.29 is 14.3 Å². The predicted molar refractivity (Wildman–Crippen MR) is 102 cm³/mol. The molecule has 1 aliphatic rings. The highest BCUT2D eigenvalue weighted by atomic mass is 35.5. The van der Waals surface area contributed by atoms with Gasteiger partial charge in [0.2, 0.25) is 11.8 Å². The molecule has 0 bridgehead atoms. The lowest BCUT2D eigenvalue weighted by Crippen LogP contribution is -2.28. The monoisotopic (exact) mass is 392 g/mol. The number of likely N-dealkylation sites (tertiary alicyclic amines) is 1. The quantitative estimate of drug-likeness (QED) is 0.836. The van der Waals surface area contributed by atoms with Gasteiger partial charge in [-0.05, 0) is 24.3 Å². The number of ether oxygens (including phenoxy) is 1. The molecule has 1 heterocycles. The first-order valence-electron chi connectivity index (χ1n) is 8.13. The van der Waals surface area contributed by atoms with Crippen LogP contribution in [-0.4, -0.2) is 30.4 Å². The van der Waals surface area contributed by atoms with Gasteiger partial charge in [-0.2, -0.15) is 0 Å². The summed E-state index contributed by atoms with van der Waals surface area (Å²) in [4.78, 5) is 26.5. The zero-order valence-electron chi connectivity index (χ0n) is 14.2. The van der Waals surface area contributed by atoms with Gasteiger partial charge in [-0.1, -0.05) is 41.4 Å². The van der Waals surface area contributed by atoms with E-state index in [4.69, 9.17) is 27.9 Å². The van der Waals surface area contributed by atoms with Crippen molar-refractivity contribution in [1.82, 2.24) is 4.90 Å². The number of carbonyl (C=O) groups excluding carboxylic acids is 2. The molecule has 1 fully saturated rings. The number of methoxy groups -OCH3 is 1. The molecule has 0 aromatic heterocycles. The summed E-state index contributed by atoms with van der Waals surface area (Å²) in [5.74, 6) is -0.0237. The second-order valence-electron chi connectivity index (χ2n) is 6.10. The SMILES string of the molecule is COc1ccccc1CN1CC(C(=O)Nc2cc(Cl)ccc2Cl)CC1=O. The van der Waals surface area contributed by atoms with Gasteiger partial charge in [0.05, 0.1) is 23.7 Å². The van der Waals surface area contributed by atoms with E-state index in [9.17, 15) is 9.59 Å². The van der Waals surface area contributed by atoms with Crippen LogP contribution in [-0.2, 0) is 16.1 Å². The van der Waals surface area contributed by atoms with Gasteiger partial charge in [0.1, 0.15) is 5.75 Å². The van der Waals surface area contributed by atoms with E-state index in [1.807, 2.05) is 24.3 Å². The maximum atomic E-state index is 12.5. The van der Waals surface area contributed by atoms with E-state index in [2.05, 4.69) is 5.32 Å². The highest BCUT2D eigenvalue weighted by Crippen LogP contribution is 2.28. The van der Waals surface area contributed by atoms with Crippen molar-refractivity contribution in [2.45, 2.75) is 13.0 Å². The van der Waals surface area contributed by atoms with Crippen molar-refractivity contribution in [2.75, 3.05) is 19.0 Å². The normalized spacial score (nSPS) is 16.7. The van der Waals surface area contributed by atoms with Crippen molar-refractivity contribution in [3.8, 4) is 5.75 Å². The van der Waals surface area contributed by atoms with Crippen LogP contribution in [0.5, 0.6) is 5.75 Å². The molecule has 1 unspecified atom stereocenters. The van der Waals surface area contributed by atoms with Crippen LogP contribution in [0.3, 0.4) is 0 Å². The minimum Gasteiger partial charge on any atom is -0.496 e. The lowest BCUT2D eigenvalue weighted by Gasteiger charge is -2.18. The largest absolute Gasteiger partial charge is 0.496 e. The number of carbonyl (C=O) groups is 2. The van der Waals surface area contributed by atoms with Crippen LogP contribution in [0.4, 0.5) is 5.69 Å². The van der Waals surface area contributed by atoms with E-state index < -0.39 is 5.92 Å². The lowest BCUT2D eigenvalue weighted by atomic mass is 10.1. The number of rotatable bonds is 5. The molecule has 26 heavy (non-hydrogen) atoms. The van der Waals surface area contributed by atoms with E-state index in [1.165, 1.54) is 0 Å². The molecule has 2 aromatic rings. The summed E-state index contributed by atoms with van der Waals surface area (Å²) in [6.07, 6.45) is 0.166. The number of amides is 2. The lowest BCUT2D eigenvalue weighted by molar-refractivity contribution is -0.128. The number of benzene rings is 2. The Labute approximate surface area is 161 Å². The van der Waals surface area contributed by atoms with Crippen molar-refractivity contribution in [3.05, 3.63) is 58.1 Å². The molecular weight excluding hydrogens is 375 g/mol. The first-order valence-corrected chi connectivity index (χ1v) is 8.89. The van der Waals surface area contributed by atoms with Gasteiger partial charge in [-0.25, -0.2) is 0 Å². The molecule has 0 spiro atoms. The van der Waals surface area contributed by atoms with Gasteiger partial charge < -0.3 is 15.0 Å². The first-order chi connectivity index (χ1) is 12.5. The van der Waals surface area contributed by atoms with Crippen molar-refractivity contribution >= 4 is 40.7 Å². The molecule has 2 amide bonds. The van der Waals surface area contributed by atoms with Crippen molar-refractivity contribution in [2.24, 2.45) is 5.92 Å². The molecule has 3 rings (SSSR count). The predicted octanol–water partition coefficient (Wildman–Crippen LogP) is 3.99. The minimum atomic E-state index is -0.438. The summed E-state index contributed by atoms with van der Waals surface area (Å²) in [5, 5.41) is 3.64. The van der Waals surface area contributed by atoms with Crippen LogP contribution < -0.4 is 10.1 Å². The maximum absolute atomic E-state index is 12.5. The van der Waals surface area contributed by atoms with Gasteiger partial charge in [-0.3, -0.25) is 9.59 Å². The van der Waals surface area contributed by atoms with Crippen LogP contribution >= 0.6 is 23.2 Å². The molecule has 1 N–H and O–H groups in total. The Bertz CT molecular complexity index is 841. The van der Waals surface area contributed by atoms with Gasteiger partial charge in [-0.15, -0.1) is 0 Å². The highest BCUT2D eigenvalue weighted by Gasteiger charge is 2.34. The number of hydrogen-bond acceptors (Lipinski definition) is 3. The number of hydrogen-bond donors (Lipinski definition) is 1. The average Bonchev–Trinajstić information content (AvgIpc) is 2.99. The van der Waals surface area contributed by atoms with Gasteiger partial charge in [0.25, 0.3) is 0 Å². The van der Waals surface area contributed by atoms with E-state index >= 15 is 0 Å². The molecular formula is C19H18Cl2N2O3. The summed E-state index contributed by atoms with van der Waals surface area (Å²) in [6.45, 7) is 0.755. The molecule has 2 aromatic carbocycles. The van der Waals surface area contributed by atoms with E-state index in [0.29, 0.717) is 28.8 Å². The second-order valence-corrected chi connectivity index (χ2v) is 6.94.